The Kier molecular flexibility index (Phi) is 2.92. The standard InChI is InChI=1S/C13H16N4.ClH/c1-2-4-11-10(3-1)9-17-12(11)5-8-16(17)13-14-6-7-15-13;/h1-4,12H,5-9H2,(H,14,15);1H. The van der Waals surface area contributed by atoms with Crippen LogP contribution in [-0.4, -0.2) is 35.6 Å². The molecule has 5 heteroatoms. The molecule has 18 heavy (non-hydrogen) atoms. The molecule has 1 fully saturated rings. The van der Waals surface area contributed by atoms with Crippen molar-refractivity contribution in [1.29, 1.82) is 0 Å². The average Bonchev–Trinajstić information content (AvgIpc) is 3.04. The summed E-state index contributed by atoms with van der Waals surface area (Å²) < 4.78 is 0. The summed E-state index contributed by atoms with van der Waals surface area (Å²) in [4.78, 5) is 4.53. The van der Waals surface area contributed by atoms with Gasteiger partial charge in [0, 0.05) is 19.6 Å². The Labute approximate surface area is 113 Å². The molecule has 4 nitrogen and oxygen atoms in total. The van der Waals surface area contributed by atoms with E-state index in [1.807, 2.05) is 0 Å². The summed E-state index contributed by atoms with van der Waals surface area (Å²) >= 11 is 0. The molecule has 0 radical (unpaired) electrons. The number of fused-ring (bicyclic) bond motifs is 3. The van der Waals surface area contributed by atoms with Crippen molar-refractivity contribution in [2.45, 2.75) is 19.0 Å². The number of hydrogen-bond donors (Lipinski definition) is 1. The first-order valence-electron chi connectivity index (χ1n) is 6.34. The van der Waals surface area contributed by atoms with Crippen LogP contribution >= 0.6 is 12.4 Å². The quantitative estimate of drug-likeness (QED) is 0.771. The number of aliphatic imine (C=N–C) groups is 1. The normalized spacial score (nSPS) is 25.2. The predicted octanol–water partition coefficient (Wildman–Crippen LogP) is 1.54. The van der Waals surface area contributed by atoms with E-state index >= 15 is 0 Å². The van der Waals surface area contributed by atoms with Gasteiger partial charge in [-0.2, -0.15) is 0 Å². The lowest BCUT2D eigenvalue weighted by molar-refractivity contribution is 0.0673. The summed E-state index contributed by atoms with van der Waals surface area (Å²) in [7, 11) is 0. The molecule has 0 spiro atoms. The molecule has 1 aromatic carbocycles. The van der Waals surface area contributed by atoms with Crippen molar-refractivity contribution in [2.24, 2.45) is 4.99 Å². The van der Waals surface area contributed by atoms with Crippen molar-refractivity contribution in [1.82, 2.24) is 15.3 Å². The molecule has 1 unspecified atom stereocenters. The van der Waals surface area contributed by atoms with Crippen molar-refractivity contribution in [2.75, 3.05) is 19.6 Å². The number of guanidine groups is 1. The van der Waals surface area contributed by atoms with Crippen LogP contribution in [0.1, 0.15) is 23.6 Å². The van der Waals surface area contributed by atoms with Crippen molar-refractivity contribution in [3.05, 3.63) is 35.4 Å². The SMILES string of the molecule is Cl.c1ccc2c(c1)CN1C2CCN1C1=NCCN1. The summed E-state index contributed by atoms with van der Waals surface area (Å²) in [6, 6.07) is 9.37. The van der Waals surface area contributed by atoms with Gasteiger partial charge in [0.05, 0.1) is 12.6 Å². The van der Waals surface area contributed by atoms with E-state index in [2.05, 4.69) is 44.6 Å². The fourth-order valence-electron chi connectivity index (χ4n) is 3.17. The van der Waals surface area contributed by atoms with Crippen molar-refractivity contribution >= 4 is 18.4 Å². The van der Waals surface area contributed by atoms with Gasteiger partial charge < -0.3 is 5.32 Å². The topological polar surface area (TPSA) is 30.9 Å². The second-order valence-corrected chi connectivity index (χ2v) is 4.86. The zero-order chi connectivity index (χ0) is 11.2. The van der Waals surface area contributed by atoms with Crippen LogP contribution in [-0.2, 0) is 6.54 Å². The van der Waals surface area contributed by atoms with E-state index in [0.29, 0.717) is 6.04 Å². The fraction of sp³-hybridized carbons (Fsp3) is 0.462. The predicted molar refractivity (Wildman–Crippen MR) is 73.6 cm³/mol. The van der Waals surface area contributed by atoms with Gasteiger partial charge in [-0.3, -0.25) is 10.0 Å². The highest BCUT2D eigenvalue weighted by Crippen LogP contribution is 2.41. The van der Waals surface area contributed by atoms with Crippen LogP contribution in [0.4, 0.5) is 0 Å². The zero-order valence-electron chi connectivity index (χ0n) is 10.2. The van der Waals surface area contributed by atoms with Gasteiger partial charge in [0.25, 0.3) is 0 Å². The van der Waals surface area contributed by atoms with Crippen LogP contribution in [0.25, 0.3) is 0 Å². The van der Waals surface area contributed by atoms with Crippen molar-refractivity contribution < 1.29 is 0 Å². The number of hydrazine groups is 1. The van der Waals surface area contributed by atoms with Crippen LogP contribution in [0.2, 0.25) is 0 Å². The minimum absolute atomic E-state index is 0. The maximum Gasteiger partial charge on any atom is 0.208 e. The third kappa shape index (κ3) is 1.60. The van der Waals surface area contributed by atoms with Crippen LogP contribution in [0.5, 0.6) is 0 Å². The lowest BCUT2D eigenvalue weighted by Gasteiger charge is -2.28. The molecule has 0 aliphatic carbocycles. The molecule has 1 N–H and O–H groups in total. The smallest absolute Gasteiger partial charge is 0.208 e. The fourth-order valence-corrected chi connectivity index (χ4v) is 3.17. The van der Waals surface area contributed by atoms with E-state index in [1.54, 1.807) is 0 Å². The van der Waals surface area contributed by atoms with Gasteiger partial charge in [0.2, 0.25) is 5.96 Å². The Bertz CT molecular complexity index is 488. The number of hydrogen-bond acceptors (Lipinski definition) is 4. The summed E-state index contributed by atoms with van der Waals surface area (Å²) in [5.74, 6) is 1.07. The Morgan fingerprint density at radius 2 is 2.17 bits per heavy atom. The van der Waals surface area contributed by atoms with Gasteiger partial charge in [0.1, 0.15) is 0 Å². The molecule has 1 atom stereocenters. The van der Waals surface area contributed by atoms with Gasteiger partial charge >= 0.3 is 0 Å². The summed E-state index contributed by atoms with van der Waals surface area (Å²) in [5.41, 5.74) is 2.98. The second kappa shape index (κ2) is 4.44. The first kappa shape index (κ1) is 11.8. The largest absolute Gasteiger partial charge is 0.353 e. The van der Waals surface area contributed by atoms with Gasteiger partial charge in [-0.15, -0.1) is 12.4 Å². The van der Waals surface area contributed by atoms with Gasteiger partial charge in [-0.05, 0) is 17.5 Å². The lowest BCUT2D eigenvalue weighted by Crippen LogP contribution is -2.44. The molecule has 0 saturated carbocycles. The van der Waals surface area contributed by atoms with Gasteiger partial charge in [-0.25, -0.2) is 5.01 Å². The molecule has 3 aliphatic rings. The molecule has 0 bridgehead atoms. The number of halogens is 1. The summed E-state index contributed by atoms with van der Waals surface area (Å²) in [6.45, 7) is 4.01. The Morgan fingerprint density at radius 3 is 3.00 bits per heavy atom. The Balaban J connectivity index is 0.000001000. The number of rotatable bonds is 0. The number of nitrogens with one attached hydrogen (secondary N) is 1. The van der Waals surface area contributed by atoms with E-state index in [-0.39, 0.29) is 12.4 Å². The van der Waals surface area contributed by atoms with Crippen LogP contribution in [0, 0.1) is 0 Å². The highest BCUT2D eigenvalue weighted by atomic mass is 35.5. The van der Waals surface area contributed by atoms with Crippen molar-refractivity contribution in [3.63, 3.8) is 0 Å². The minimum atomic E-state index is 0. The highest BCUT2D eigenvalue weighted by Gasteiger charge is 2.40. The lowest BCUT2D eigenvalue weighted by atomic mass is 10.0. The van der Waals surface area contributed by atoms with Crippen LogP contribution < -0.4 is 5.32 Å². The van der Waals surface area contributed by atoms with E-state index in [4.69, 9.17) is 0 Å². The maximum absolute atomic E-state index is 4.53. The third-order valence-corrected chi connectivity index (χ3v) is 3.93. The number of nitrogens with zero attached hydrogens (tertiary/aromatic N) is 3. The van der Waals surface area contributed by atoms with E-state index in [9.17, 15) is 0 Å². The minimum Gasteiger partial charge on any atom is -0.353 e. The van der Waals surface area contributed by atoms with Crippen LogP contribution in [0.3, 0.4) is 0 Å². The molecule has 4 rings (SSSR count). The van der Waals surface area contributed by atoms with Gasteiger partial charge in [-0.1, -0.05) is 24.3 Å². The second-order valence-electron chi connectivity index (χ2n) is 4.86. The van der Waals surface area contributed by atoms with Gasteiger partial charge in [0.15, 0.2) is 0 Å². The highest BCUT2D eigenvalue weighted by molar-refractivity contribution is 5.85. The Hall–Kier alpha value is -1.26. The molecule has 1 saturated heterocycles. The summed E-state index contributed by atoms with van der Waals surface area (Å²) in [6.07, 6.45) is 1.21. The molecule has 1 aromatic rings. The molecule has 0 amide bonds. The number of benzene rings is 1. The molecule has 3 heterocycles. The first-order valence-corrected chi connectivity index (χ1v) is 6.34. The molecular weight excluding hydrogens is 248 g/mol. The van der Waals surface area contributed by atoms with E-state index in [1.165, 1.54) is 17.5 Å². The molecule has 96 valence electrons. The molecule has 3 aliphatic heterocycles. The van der Waals surface area contributed by atoms with Crippen LogP contribution in [0.15, 0.2) is 29.3 Å². The Morgan fingerprint density at radius 1 is 1.28 bits per heavy atom. The molecular formula is C13H17ClN4. The average molecular weight is 265 g/mol. The summed E-state index contributed by atoms with van der Waals surface area (Å²) in [5, 5.41) is 8.16. The monoisotopic (exact) mass is 264 g/mol. The van der Waals surface area contributed by atoms with E-state index in [0.717, 1.165) is 32.1 Å². The first-order chi connectivity index (χ1) is 8.43. The molecule has 0 aromatic heterocycles. The maximum atomic E-state index is 4.53. The van der Waals surface area contributed by atoms with Crippen molar-refractivity contribution in [3.8, 4) is 0 Å². The van der Waals surface area contributed by atoms with E-state index < -0.39 is 0 Å². The third-order valence-electron chi connectivity index (χ3n) is 3.93. The zero-order valence-corrected chi connectivity index (χ0v) is 11.0.